The molecule has 0 saturated heterocycles. The minimum absolute atomic E-state index is 0.152. The van der Waals surface area contributed by atoms with E-state index < -0.39 is 0 Å². The number of hydrogen-bond acceptors (Lipinski definition) is 5. The van der Waals surface area contributed by atoms with Crippen molar-refractivity contribution in [2.24, 2.45) is 0 Å². The Kier molecular flexibility index (Phi) is 6.98. The Morgan fingerprint density at radius 2 is 1.21 bits per heavy atom. The van der Waals surface area contributed by atoms with Crippen LogP contribution in [0.3, 0.4) is 0 Å². The second kappa shape index (κ2) is 9.47. The lowest BCUT2D eigenvalue weighted by atomic mass is 10.1. The van der Waals surface area contributed by atoms with Crippen molar-refractivity contribution in [1.29, 1.82) is 0 Å². The Bertz CT molecular complexity index is 649. The van der Waals surface area contributed by atoms with Gasteiger partial charge in [-0.1, -0.05) is 35.9 Å². The van der Waals surface area contributed by atoms with Gasteiger partial charge in [-0.15, -0.1) is 0 Å². The van der Waals surface area contributed by atoms with Gasteiger partial charge in [0.25, 0.3) is 0 Å². The monoisotopic (exact) mass is 328 g/mol. The smallest absolute Gasteiger partial charge is 0.338 e. The summed E-state index contributed by atoms with van der Waals surface area (Å²) in [6, 6.07) is 15.9. The average Bonchev–Trinajstić information content (AvgIpc) is 2.62. The Hall–Kier alpha value is -2.66. The van der Waals surface area contributed by atoms with Crippen molar-refractivity contribution in [3.8, 4) is 0 Å². The van der Waals surface area contributed by atoms with Crippen LogP contribution < -0.4 is 0 Å². The standard InChI is InChI=1S/C19H20O5/c1-15-7-9-17(10-8-15)19(21)24-14-12-22-11-13-23-18(20)16-5-3-2-4-6-16/h2-10H,11-14H2,1H3. The molecule has 2 aromatic rings. The van der Waals surface area contributed by atoms with E-state index in [1.54, 1.807) is 36.4 Å². The fraction of sp³-hybridized carbons (Fsp3) is 0.263. The second-order valence-electron chi connectivity index (χ2n) is 5.12. The summed E-state index contributed by atoms with van der Waals surface area (Å²) in [5.74, 6) is -0.765. The number of ether oxygens (including phenoxy) is 3. The summed E-state index contributed by atoms with van der Waals surface area (Å²) < 4.78 is 15.4. The maximum atomic E-state index is 11.7. The van der Waals surface area contributed by atoms with E-state index in [0.29, 0.717) is 11.1 Å². The summed E-state index contributed by atoms with van der Waals surface area (Å²) in [5.41, 5.74) is 2.10. The molecule has 24 heavy (non-hydrogen) atoms. The van der Waals surface area contributed by atoms with Crippen LogP contribution in [-0.2, 0) is 14.2 Å². The number of rotatable bonds is 8. The third-order valence-electron chi connectivity index (χ3n) is 3.22. The third kappa shape index (κ3) is 5.85. The van der Waals surface area contributed by atoms with E-state index in [9.17, 15) is 9.59 Å². The van der Waals surface area contributed by atoms with Crippen molar-refractivity contribution < 1.29 is 23.8 Å². The fourth-order valence-corrected chi connectivity index (χ4v) is 1.92. The highest BCUT2D eigenvalue weighted by Gasteiger charge is 2.07. The van der Waals surface area contributed by atoms with Gasteiger partial charge in [-0.2, -0.15) is 0 Å². The molecule has 2 rings (SSSR count). The van der Waals surface area contributed by atoms with Gasteiger partial charge in [-0.3, -0.25) is 0 Å². The molecule has 0 aliphatic rings. The van der Waals surface area contributed by atoms with Gasteiger partial charge in [-0.05, 0) is 31.2 Å². The number of esters is 2. The number of benzene rings is 2. The molecule has 0 heterocycles. The topological polar surface area (TPSA) is 61.8 Å². The van der Waals surface area contributed by atoms with Gasteiger partial charge in [0.15, 0.2) is 0 Å². The summed E-state index contributed by atoms with van der Waals surface area (Å²) in [7, 11) is 0. The predicted octanol–water partition coefficient (Wildman–Crippen LogP) is 3.03. The van der Waals surface area contributed by atoms with Crippen LogP contribution in [0.5, 0.6) is 0 Å². The van der Waals surface area contributed by atoms with Crippen LogP contribution >= 0.6 is 0 Å². The molecule has 0 saturated carbocycles. The van der Waals surface area contributed by atoms with Gasteiger partial charge in [-0.25, -0.2) is 9.59 Å². The predicted molar refractivity (Wildman–Crippen MR) is 89.0 cm³/mol. The van der Waals surface area contributed by atoms with E-state index in [1.807, 2.05) is 25.1 Å². The van der Waals surface area contributed by atoms with Crippen molar-refractivity contribution in [3.05, 3.63) is 71.3 Å². The lowest BCUT2D eigenvalue weighted by molar-refractivity contribution is 0.0151. The molecule has 0 N–H and O–H groups in total. The Morgan fingerprint density at radius 1 is 0.708 bits per heavy atom. The third-order valence-corrected chi connectivity index (χ3v) is 3.22. The number of carbonyl (C=O) groups is 2. The van der Waals surface area contributed by atoms with Crippen LogP contribution in [-0.4, -0.2) is 38.4 Å². The van der Waals surface area contributed by atoms with Crippen LogP contribution in [0.15, 0.2) is 54.6 Å². The Balaban J connectivity index is 1.54. The zero-order valence-corrected chi connectivity index (χ0v) is 13.6. The average molecular weight is 328 g/mol. The van der Waals surface area contributed by atoms with Crippen molar-refractivity contribution in [1.82, 2.24) is 0 Å². The first-order valence-electron chi connectivity index (χ1n) is 7.70. The molecular formula is C19H20O5. The Labute approximate surface area is 141 Å². The molecule has 2 aromatic carbocycles. The minimum Gasteiger partial charge on any atom is -0.460 e. The summed E-state index contributed by atoms with van der Waals surface area (Å²) in [6.45, 7) is 2.76. The maximum Gasteiger partial charge on any atom is 0.338 e. The van der Waals surface area contributed by atoms with Crippen LogP contribution in [0, 0.1) is 6.92 Å². The highest BCUT2D eigenvalue weighted by atomic mass is 16.6. The molecule has 0 aliphatic carbocycles. The summed E-state index contributed by atoms with van der Waals surface area (Å²) >= 11 is 0. The number of hydrogen-bond donors (Lipinski definition) is 0. The maximum absolute atomic E-state index is 11.7. The molecule has 0 fully saturated rings. The quantitative estimate of drug-likeness (QED) is 0.550. The van der Waals surface area contributed by atoms with Crippen LogP contribution in [0.2, 0.25) is 0 Å². The normalized spacial score (nSPS) is 10.2. The van der Waals surface area contributed by atoms with E-state index in [-0.39, 0.29) is 38.4 Å². The molecule has 126 valence electrons. The molecule has 0 bridgehead atoms. The first-order chi connectivity index (χ1) is 11.7. The molecule has 0 aliphatic heterocycles. The molecule has 0 spiro atoms. The SMILES string of the molecule is Cc1ccc(C(=O)OCCOCCOC(=O)c2ccccc2)cc1. The van der Waals surface area contributed by atoms with Crippen LogP contribution in [0.4, 0.5) is 0 Å². The molecule has 0 unspecified atom stereocenters. The molecule has 5 heteroatoms. The number of carbonyl (C=O) groups excluding carboxylic acids is 2. The first-order valence-corrected chi connectivity index (χ1v) is 7.70. The lowest BCUT2D eigenvalue weighted by Crippen LogP contribution is -2.14. The van der Waals surface area contributed by atoms with Gasteiger partial charge < -0.3 is 14.2 Å². The van der Waals surface area contributed by atoms with E-state index in [2.05, 4.69) is 0 Å². The fourth-order valence-electron chi connectivity index (χ4n) is 1.92. The molecular weight excluding hydrogens is 308 g/mol. The number of aryl methyl sites for hydroxylation is 1. The molecule has 5 nitrogen and oxygen atoms in total. The zero-order chi connectivity index (χ0) is 17.2. The van der Waals surface area contributed by atoms with Crippen molar-refractivity contribution in [2.45, 2.75) is 6.92 Å². The van der Waals surface area contributed by atoms with Gasteiger partial charge in [0.1, 0.15) is 13.2 Å². The van der Waals surface area contributed by atoms with Crippen molar-refractivity contribution in [2.75, 3.05) is 26.4 Å². The van der Waals surface area contributed by atoms with E-state index in [0.717, 1.165) is 5.56 Å². The van der Waals surface area contributed by atoms with Crippen LogP contribution in [0.1, 0.15) is 26.3 Å². The molecule has 0 aromatic heterocycles. The highest BCUT2D eigenvalue weighted by molar-refractivity contribution is 5.89. The highest BCUT2D eigenvalue weighted by Crippen LogP contribution is 2.04. The van der Waals surface area contributed by atoms with Crippen molar-refractivity contribution >= 4 is 11.9 Å². The van der Waals surface area contributed by atoms with Gasteiger partial charge in [0, 0.05) is 0 Å². The van der Waals surface area contributed by atoms with E-state index >= 15 is 0 Å². The summed E-state index contributed by atoms with van der Waals surface area (Å²) in [5, 5.41) is 0. The van der Waals surface area contributed by atoms with Crippen molar-refractivity contribution in [3.63, 3.8) is 0 Å². The van der Waals surface area contributed by atoms with E-state index in [1.165, 1.54) is 0 Å². The molecule has 0 atom stereocenters. The molecule has 0 amide bonds. The Morgan fingerprint density at radius 3 is 1.75 bits per heavy atom. The van der Waals surface area contributed by atoms with Gasteiger partial charge in [0.05, 0.1) is 24.3 Å². The lowest BCUT2D eigenvalue weighted by Gasteiger charge is -2.07. The summed E-state index contributed by atoms with van der Waals surface area (Å²) in [4.78, 5) is 23.4. The summed E-state index contributed by atoms with van der Waals surface area (Å²) in [6.07, 6.45) is 0. The van der Waals surface area contributed by atoms with E-state index in [4.69, 9.17) is 14.2 Å². The first kappa shape index (κ1) is 17.7. The second-order valence-corrected chi connectivity index (χ2v) is 5.12. The van der Waals surface area contributed by atoms with Gasteiger partial charge in [0.2, 0.25) is 0 Å². The molecule has 0 radical (unpaired) electrons. The van der Waals surface area contributed by atoms with Gasteiger partial charge >= 0.3 is 11.9 Å². The minimum atomic E-state index is -0.384. The van der Waals surface area contributed by atoms with Crippen LogP contribution in [0.25, 0.3) is 0 Å². The largest absolute Gasteiger partial charge is 0.460 e. The zero-order valence-electron chi connectivity index (χ0n) is 13.6.